The Kier molecular flexibility index (Phi) is 0.889. The standard InChI is InChI=1S/C5H10NO/c1-6(5-7)3-2-4-6/h5H,2-4H2,1H3/q+1. The van der Waals surface area contributed by atoms with E-state index in [-0.39, 0.29) is 0 Å². The van der Waals surface area contributed by atoms with Gasteiger partial charge in [0.1, 0.15) is 0 Å². The van der Waals surface area contributed by atoms with Crippen LogP contribution in [-0.4, -0.2) is 31.0 Å². The Hall–Kier alpha value is -0.370. The summed E-state index contributed by atoms with van der Waals surface area (Å²) < 4.78 is 0.639. The molecule has 1 aliphatic rings. The van der Waals surface area contributed by atoms with Gasteiger partial charge in [0.2, 0.25) is 0 Å². The maximum Gasteiger partial charge on any atom is 0.301 e. The Morgan fingerprint density at radius 3 is 2.14 bits per heavy atom. The maximum absolute atomic E-state index is 10.1. The molecule has 0 aromatic heterocycles. The van der Waals surface area contributed by atoms with Gasteiger partial charge in [-0.3, -0.25) is 4.48 Å². The molecule has 1 heterocycles. The third-order valence-electron chi connectivity index (χ3n) is 1.59. The molecule has 7 heavy (non-hydrogen) atoms. The first kappa shape index (κ1) is 4.78. The largest absolute Gasteiger partial charge is 0.301 e. The molecular formula is C5H10NO+. The highest BCUT2D eigenvalue weighted by molar-refractivity contribution is 5.37. The van der Waals surface area contributed by atoms with E-state index >= 15 is 0 Å². The van der Waals surface area contributed by atoms with Crippen LogP contribution in [0.4, 0.5) is 0 Å². The molecule has 0 saturated carbocycles. The predicted octanol–water partition coefficient (Wildman–Crippen LogP) is -0.00690. The minimum Gasteiger partial charge on any atom is -0.265 e. The molecule has 0 unspecified atom stereocenters. The van der Waals surface area contributed by atoms with Crippen molar-refractivity contribution in [2.75, 3.05) is 20.1 Å². The summed E-state index contributed by atoms with van der Waals surface area (Å²) in [5, 5.41) is 0. The molecule has 0 spiro atoms. The number of likely N-dealkylation sites (tertiary alicyclic amines) is 1. The van der Waals surface area contributed by atoms with Crippen LogP contribution >= 0.6 is 0 Å². The van der Waals surface area contributed by atoms with Crippen molar-refractivity contribution in [3.05, 3.63) is 0 Å². The zero-order valence-electron chi connectivity index (χ0n) is 4.55. The lowest BCUT2D eigenvalue weighted by molar-refractivity contribution is -0.865. The van der Waals surface area contributed by atoms with Gasteiger partial charge in [0.15, 0.2) is 0 Å². The van der Waals surface area contributed by atoms with Gasteiger partial charge in [0, 0.05) is 6.42 Å². The monoisotopic (exact) mass is 100 g/mol. The first-order chi connectivity index (χ1) is 3.27. The Morgan fingerprint density at radius 1 is 1.57 bits per heavy atom. The summed E-state index contributed by atoms with van der Waals surface area (Å²) in [5.41, 5.74) is 0. The average molecular weight is 100 g/mol. The summed E-state index contributed by atoms with van der Waals surface area (Å²) in [6.07, 6.45) is 2.23. The Labute approximate surface area is 43.3 Å². The van der Waals surface area contributed by atoms with Crippen LogP contribution in [-0.2, 0) is 4.79 Å². The fourth-order valence-corrected chi connectivity index (χ4v) is 0.762. The van der Waals surface area contributed by atoms with E-state index < -0.39 is 0 Å². The molecule has 1 aliphatic heterocycles. The molecule has 40 valence electrons. The van der Waals surface area contributed by atoms with Gasteiger partial charge in [0.05, 0.1) is 20.1 Å². The second kappa shape index (κ2) is 1.30. The Bertz CT molecular complexity index is 86.1. The normalized spacial score (nSPS) is 25.9. The average Bonchev–Trinajstić information content (AvgIpc) is 1.61. The van der Waals surface area contributed by atoms with Gasteiger partial charge in [-0.05, 0) is 0 Å². The summed E-state index contributed by atoms with van der Waals surface area (Å²) in [6, 6.07) is 0. The van der Waals surface area contributed by atoms with Crippen molar-refractivity contribution in [2.24, 2.45) is 0 Å². The number of hydrogen-bond donors (Lipinski definition) is 0. The topological polar surface area (TPSA) is 17.1 Å². The molecule has 1 saturated heterocycles. The van der Waals surface area contributed by atoms with Crippen LogP contribution in [0.25, 0.3) is 0 Å². The van der Waals surface area contributed by atoms with Gasteiger partial charge in [-0.1, -0.05) is 0 Å². The first-order valence-electron chi connectivity index (χ1n) is 2.57. The van der Waals surface area contributed by atoms with Crippen molar-refractivity contribution >= 4 is 6.41 Å². The number of quaternary nitrogens is 1. The summed E-state index contributed by atoms with van der Waals surface area (Å²) in [5.74, 6) is 0. The number of nitrogens with zero attached hydrogens (tertiary/aromatic N) is 1. The van der Waals surface area contributed by atoms with Crippen molar-refractivity contribution in [3.63, 3.8) is 0 Å². The van der Waals surface area contributed by atoms with Gasteiger partial charge >= 0.3 is 6.41 Å². The number of amides is 1. The van der Waals surface area contributed by atoms with Crippen LogP contribution in [0.2, 0.25) is 0 Å². The summed E-state index contributed by atoms with van der Waals surface area (Å²) in [6.45, 7) is 2.09. The highest BCUT2D eigenvalue weighted by Crippen LogP contribution is 2.11. The van der Waals surface area contributed by atoms with Gasteiger partial charge in [-0.25, -0.2) is 4.79 Å². The Balaban J connectivity index is 2.43. The fraction of sp³-hybridized carbons (Fsp3) is 0.800. The summed E-state index contributed by atoms with van der Waals surface area (Å²) in [7, 11) is 1.95. The molecule has 0 aromatic carbocycles. The molecule has 0 aromatic rings. The summed E-state index contributed by atoms with van der Waals surface area (Å²) >= 11 is 0. The summed E-state index contributed by atoms with van der Waals surface area (Å²) in [4.78, 5) is 10.1. The van der Waals surface area contributed by atoms with Crippen LogP contribution in [0.5, 0.6) is 0 Å². The maximum atomic E-state index is 10.1. The van der Waals surface area contributed by atoms with Crippen LogP contribution in [0.15, 0.2) is 0 Å². The molecule has 2 nitrogen and oxygen atoms in total. The SMILES string of the molecule is C[N+]1(C=O)CCC1. The van der Waals surface area contributed by atoms with Gasteiger partial charge in [-0.2, -0.15) is 0 Å². The van der Waals surface area contributed by atoms with Gasteiger partial charge in [-0.15, -0.1) is 0 Å². The van der Waals surface area contributed by atoms with E-state index in [9.17, 15) is 4.79 Å². The zero-order valence-corrected chi connectivity index (χ0v) is 4.55. The minimum atomic E-state index is 0.639. The van der Waals surface area contributed by atoms with E-state index in [0.29, 0.717) is 4.48 Å². The van der Waals surface area contributed by atoms with E-state index in [1.807, 2.05) is 7.05 Å². The Morgan fingerprint density at radius 2 is 2.14 bits per heavy atom. The molecule has 1 rings (SSSR count). The second-order valence-corrected chi connectivity index (χ2v) is 2.39. The van der Waals surface area contributed by atoms with Crippen LogP contribution in [0.3, 0.4) is 0 Å². The molecule has 0 aliphatic carbocycles. The van der Waals surface area contributed by atoms with Crippen molar-refractivity contribution < 1.29 is 9.28 Å². The van der Waals surface area contributed by atoms with Gasteiger partial charge in [0.25, 0.3) is 0 Å². The van der Waals surface area contributed by atoms with E-state index in [1.54, 1.807) is 0 Å². The molecule has 0 bridgehead atoms. The van der Waals surface area contributed by atoms with E-state index in [2.05, 4.69) is 0 Å². The molecule has 2 heteroatoms. The van der Waals surface area contributed by atoms with Crippen LogP contribution in [0, 0.1) is 0 Å². The third kappa shape index (κ3) is 0.657. The quantitative estimate of drug-likeness (QED) is 0.334. The lowest BCUT2D eigenvalue weighted by Crippen LogP contribution is -2.53. The zero-order chi connectivity index (χ0) is 5.33. The minimum absolute atomic E-state index is 0.639. The van der Waals surface area contributed by atoms with Crippen molar-refractivity contribution in [3.8, 4) is 0 Å². The number of hydrogen-bond acceptors (Lipinski definition) is 1. The van der Waals surface area contributed by atoms with Crippen molar-refractivity contribution in [1.29, 1.82) is 0 Å². The van der Waals surface area contributed by atoms with Crippen molar-refractivity contribution in [2.45, 2.75) is 6.42 Å². The number of carbonyl (C=O) groups is 1. The van der Waals surface area contributed by atoms with Crippen molar-refractivity contribution in [1.82, 2.24) is 0 Å². The highest BCUT2D eigenvalue weighted by atomic mass is 16.1. The van der Waals surface area contributed by atoms with Crippen LogP contribution in [0.1, 0.15) is 6.42 Å². The second-order valence-electron chi connectivity index (χ2n) is 2.39. The third-order valence-corrected chi connectivity index (χ3v) is 1.59. The van der Waals surface area contributed by atoms with E-state index in [1.165, 1.54) is 6.42 Å². The molecular weight excluding hydrogens is 90.1 g/mol. The van der Waals surface area contributed by atoms with E-state index in [4.69, 9.17) is 0 Å². The highest BCUT2D eigenvalue weighted by Gasteiger charge is 2.29. The molecule has 0 atom stereocenters. The lowest BCUT2D eigenvalue weighted by Gasteiger charge is -2.34. The number of rotatable bonds is 1. The molecule has 0 N–H and O–H groups in total. The van der Waals surface area contributed by atoms with Crippen LogP contribution < -0.4 is 0 Å². The molecule has 1 amide bonds. The number of carbonyl (C=O) groups excluding carboxylic acids is 1. The lowest BCUT2D eigenvalue weighted by atomic mass is 10.2. The molecule has 0 radical (unpaired) electrons. The fourth-order valence-electron chi connectivity index (χ4n) is 0.762. The molecule has 1 fully saturated rings. The van der Waals surface area contributed by atoms with E-state index in [0.717, 1.165) is 19.5 Å². The predicted molar refractivity (Wildman–Crippen MR) is 26.6 cm³/mol. The van der Waals surface area contributed by atoms with Gasteiger partial charge < -0.3 is 0 Å². The smallest absolute Gasteiger partial charge is 0.265 e. The first-order valence-corrected chi connectivity index (χ1v) is 2.57.